The number of hydrogen-bond donors (Lipinski definition) is 3. The first kappa shape index (κ1) is 10.4. The van der Waals surface area contributed by atoms with Crippen LogP contribution >= 0.6 is 11.8 Å². The van der Waals surface area contributed by atoms with Gasteiger partial charge in [0.05, 0.1) is 12.6 Å². The number of thioether (sulfide) groups is 1. The molecule has 1 atom stereocenters. The Labute approximate surface area is 90.8 Å². The predicted octanol–water partition coefficient (Wildman–Crippen LogP) is -1.48. The van der Waals surface area contributed by atoms with Crippen molar-refractivity contribution in [3.05, 3.63) is 5.82 Å². The summed E-state index contributed by atoms with van der Waals surface area (Å²) in [5.41, 5.74) is 0. The van der Waals surface area contributed by atoms with E-state index in [-0.39, 0.29) is 11.9 Å². The lowest BCUT2D eigenvalue weighted by Crippen LogP contribution is -2.48. The predicted molar refractivity (Wildman–Crippen MR) is 55.1 cm³/mol. The quantitative estimate of drug-likeness (QED) is 0.584. The molecular formula is C7H12N6OS. The first-order chi connectivity index (χ1) is 7.36. The van der Waals surface area contributed by atoms with Gasteiger partial charge in [0.2, 0.25) is 5.91 Å². The molecule has 1 aliphatic heterocycles. The number of aromatic nitrogens is 4. The molecule has 1 aromatic heterocycles. The molecule has 0 aliphatic carbocycles. The Morgan fingerprint density at radius 2 is 2.60 bits per heavy atom. The molecule has 82 valence electrons. The highest BCUT2D eigenvalue weighted by Gasteiger charge is 2.20. The smallest absolute Gasteiger partial charge is 0.238 e. The molecule has 7 nitrogen and oxygen atoms in total. The minimum atomic E-state index is -0.101. The molecule has 1 fully saturated rings. The van der Waals surface area contributed by atoms with Crippen LogP contribution in [0, 0.1) is 0 Å². The van der Waals surface area contributed by atoms with Crippen LogP contribution in [0.25, 0.3) is 0 Å². The van der Waals surface area contributed by atoms with Crippen LogP contribution in [0.1, 0.15) is 5.82 Å². The number of nitrogens with one attached hydrogen (secondary N) is 3. The Hall–Kier alpha value is -1.15. The first-order valence-electron chi connectivity index (χ1n) is 4.67. The highest BCUT2D eigenvalue weighted by atomic mass is 32.2. The molecule has 2 rings (SSSR count). The molecule has 0 radical (unpaired) electrons. The molecule has 15 heavy (non-hydrogen) atoms. The number of hydrogen-bond acceptors (Lipinski definition) is 6. The first-order valence-corrected chi connectivity index (χ1v) is 5.83. The van der Waals surface area contributed by atoms with Gasteiger partial charge in [0.25, 0.3) is 0 Å². The minimum Gasteiger partial charge on any atom is -0.347 e. The molecule has 8 heteroatoms. The number of tetrazole rings is 1. The molecule has 0 aromatic carbocycles. The SMILES string of the molecule is O=C(NCc1nn[nH]n1)C1CSCCN1. The van der Waals surface area contributed by atoms with Gasteiger partial charge in [0.1, 0.15) is 0 Å². The van der Waals surface area contributed by atoms with Crippen molar-refractivity contribution in [2.45, 2.75) is 12.6 Å². The van der Waals surface area contributed by atoms with E-state index >= 15 is 0 Å². The maximum atomic E-state index is 11.6. The normalized spacial score (nSPS) is 21.2. The zero-order chi connectivity index (χ0) is 10.5. The van der Waals surface area contributed by atoms with Crippen LogP contribution in [-0.2, 0) is 11.3 Å². The summed E-state index contributed by atoms with van der Waals surface area (Å²) in [4.78, 5) is 11.6. The minimum absolute atomic E-state index is 0.00741. The second kappa shape index (κ2) is 5.08. The molecule has 0 spiro atoms. The van der Waals surface area contributed by atoms with E-state index in [4.69, 9.17) is 0 Å². The summed E-state index contributed by atoms with van der Waals surface area (Å²) in [6, 6.07) is -0.101. The van der Waals surface area contributed by atoms with Crippen LogP contribution in [0.2, 0.25) is 0 Å². The van der Waals surface area contributed by atoms with Crippen molar-refractivity contribution in [2.24, 2.45) is 0 Å². The Balaban J connectivity index is 1.76. The average molecular weight is 228 g/mol. The van der Waals surface area contributed by atoms with Crippen molar-refractivity contribution < 1.29 is 4.79 Å². The van der Waals surface area contributed by atoms with Crippen molar-refractivity contribution in [1.82, 2.24) is 31.3 Å². The van der Waals surface area contributed by atoms with E-state index in [2.05, 4.69) is 31.3 Å². The second-order valence-corrected chi connectivity index (χ2v) is 4.28. The van der Waals surface area contributed by atoms with Gasteiger partial charge in [-0.2, -0.15) is 17.0 Å². The molecule has 1 amide bonds. The average Bonchev–Trinajstić information content (AvgIpc) is 2.80. The van der Waals surface area contributed by atoms with Crippen molar-refractivity contribution in [3.63, 3.8) is 0 Å². The number of nitrogens with zero attached hydrogens (tertiary/aromatic N) is 3. The van der Waals surface area contributed by atoms with Crippen LogP contribution < -0.4 is 10.6 Å². The van der Waals surface area contributed by atoms with Gasteiger partial charge in [-0.25, -0.2) is 0 Å². The maximum absolute atomic E-state index is 11.6. The number of carbonyl (C=O) groups is 1. The van der Waals surface area contributed by atoms with E-state index in [1.165, 1.54) is 0 Å². The van der Waals surface area contributed by atoms with Crippen molar-refractivity contribution in [3.8, 4) is 0 Å². The fourth-order valence-corrected chi connectivity index (χ4v) is 2.21. The summed E-state index contributed by atoms with van der Waals surface area (Å²) in [6.45, 7) is 1.20. The van der Waals surface area contributed by atoms with E-state index in [1.807, 2.05) is 0 Å². The Morgan fingerprint density at radius 3 is 3.27 bits per heavy atom. The lowest BCUT2D eigenvalue weighted by atomic mass is 10.3. The summed E-state index contributed by atoms with van der Waals surface area (Å²) in [5.74, 6) is 2.37. The maximum Gasteiger partial charge on any atom is 0.238 e. The molecule has 1 aromatic rings. The van der Waals surface area contributed by atoms with Gasteiger partial charge >= 0.3 is 0 Å². The largest absolute Gasteiger partial charge is 0.347 e. The number of H-pyrrole nitrogens is 1. The lowest BCUT2D eigenvalue weighted by Gasteiger charge is -2.21. The van der Waals surface area contributed by atoms with Crippen LogP contribution in [0.3, 0.4) is 0 Å². The van der Waals surface area contributed by atoms with Gasteiger partial charge in [0, 0.05) is 18.1 Å². The zero-order valence-corrected chi connectivity index (χ0v) is 8.88. The van der Waals surface area contributed by atoms with Gasteiger partial charge in [-0.15, -0.1) is 10.2 Å². The van der Waals surface area contributed by atoms with E-state index in [0.29, 0.717) is 12.4 Å². The summed E-state index contributed by atoms with van der Waals surface area (Å²) in [5, 5.41) is 19.1. The summed E-state index contributed by atoms with van der Waals surface area (Å²) in [7, 11) is 0. The molecule has 2 heterocycles. The molecule has 0 bridgehead atoms. The van der Waals surface area contributed by atoms with Crippen molar-refractivity contribution in [1.29, 1.82) is 0 Å². The third-order valence-electron chi connectivity index (χ3n) is 2.05. The summed E-state index contributed by atoms with van der Waals surface area (Å²) in [6.07, 6.45) is 0. The van der Waals surface area contributed by atoms with E-state index in [1.54, 1.807) is 11.8 Å². The molecule has 1 unspecified atom stereocenters. The Bertz CT molecular complexity index is 309. The van der Waals surface area contributed by atoms with E-state index in [9.17, 15) is 4.79 Å². The van der Waals surface area contributed by atoms with E-state index in [0.717, 1.165) is 18.1 Å². The third-order valence-corrected chi connectivity index (χ3v) is 3.11. The van der Waals surface area contributed by atoms with Crippen LogP contribution in [0.4, 0.5) is 0 Å². The second-order valence-electron chi connectivity index (χ2n) is 3.13. The van der Waals surface area contributed by atoms with Gasteiger partial charge in [0.15, 0.2) is 5.82 Å². The fraction of sp³-hybridized carbons (Fsp3) is 0.714. The molecule has 1 saturated heterocycles. The standard InChI is InChI=1S/C7H12N6OS/c14-7(5-4-15-2-1-8-5)9-3-6-10-12-13-11-6/h5,8H,1-4H2,(H,9,14)(H,10,11,12,13). The number of carbonyl (C=O) groups excluding carboxylic acids is 1. The van der Waals surface area contributed by atoms with Gasteiger partial charge in [-0.3, -0.25) is 4.79 Å². The van der Waals surface area contributed by atoms with Gasteiger partial charge in [-0.1, -0.05) is 5.21 Å². The summed E-state index contributed by atoms with van der Waals surface area (Å²) < 4.78 is 0. The lowest BCUT2D eigenvalue weighted by molar-refractivity contribution is -0.122. The van der Waals surface area contributed by atoms with Crippen LogP contribution in [0.5, 0.6) is 0 Å². The highest BCUT2D eigenvalue weighted by Crippen LogP contribution is 2.07. The van der Waals surface area contributed by atoms with Crippen LogP contribution in [0.15, 0.2) is 0 Å². The van der Waals surface area contributed by atoms with Crippen molar-refractivity contribution in [2.75, 3.05) is 18.1 Å². The van der Waals surface area contributed by atoms with Gasteiger partial charge < -0.3 is 10.6 Å². The monoisotopic (exact) mass is 228 g/mol. The molecule has 1 aliphatic rings. The molecule has 0 saturated carbocycles. The van der Waals surface area contributed by atoms with Crippen LogP contribution in [-0.4, -0.2) is 50.6 Å². The molecular weight excluding hydrogens is 216 g/mol. The number of amides is 1. The number of aromatic amines is 1. The Morgan fingerprint density at radius 1 is 1.67 bits per heavy atom. The Kier molecular flexibility index (Phi) is 3.51. The zero-order valence-electron chi connectivity index (χ0n) is 8.06. The third kappa shape index (κ3) is 2.90. The van der Waals surface area contributed by atoms with Crippen molar-refractivity contribution >= 4 is 17.7 Å². The molecule has 3 N–H and O–H groups in total. The number of rotatable bonds is 3. The topological polar surface area (TPSA) is 95.6 Å². The van der Waals surface area contributed by atoms with E-state index < -0.39 is 0 Å². The fourth-order valence-electron chi connectivity index (χ4n) is 1.28. The van der Waals surface area contributed by atoms with Gasteiger partial charge in [-0.05, 0) is 0 Å². The highest BCUT2D eigenvalue weighted by molar-refractivity contribution is 7.99. The summed E-state index contributed by atoms with van der Waals surface area (Å²) >= 11 is 1.78.